The molecular formula is C8H15NO3Si. The summed E-state index contributed by atoms with van der Waals surface area (Å²) in [6, 6.07) is 4.60. The molecule has 5 heteroatoms. The van der Waals surface area contributed by atoms with Crippen LogP contribution in [0.25, 0.3) is 0 Å². The van der Waals surface area contributed by atoms with Crippen molar-refractivity contribution in [3.63, 3.8) is 0 Å². The number of H-pyrrole nitrogens is 1. The third kappa shape index (κ3) is 2.41. The van der Waals surface area contributed by atoms with Gasteiger partial charge >= 0.3 is 8.80 Å². The summed E-state index contributed by atoms with van der Waals surface area (Å²) in [5.41, 5.74) is 1.07. The SMILES string of the molecule is CO[Si](Cc1ccc[nH]1)(OC)OC. The number of hydrogen-bond acceptors (Lipinski definition) is 3. The highest BCUT2D eigenvalue weighted by atomic mass is 28.4. The van der Waals surface area contributed by atoms with Crippen molar-refractivity contribution in [1.29, 1.82) is 0 Å². The van der Waals surface area contributed by atoms with Crippen LogP contribution in [0.5, 0.6) is 0 Å². The second-order valence-electron chi connectivity index (χ2n) is 2.67. The second-order valence-corrected chi connectivity index (χ2v) is 5.61. The van der Waals surface area contributed by atoms with Crippen LogP contribution in [0.15, 0.2) is 18.3 Å². The predicted molar refractivity (Wildman–Crippen MR) is 51.3 cm³/mol. The highest BCUT2D eigenvalue weighted by Gasteiger charge is 2.38. The van der Waals surface area contributed by atoms with Crippen molar-refractivity contribution in [2.24, 2.45) is 0 Å². The van der Waals surface area contributed by atoms with E-state index < -0.39 is 8.80 Å². The summed E-state index contributed by atoms with van der Waals surface area (Å²) in [7, 11) is 2.39. The third-order valence-corrected chi connectivity index (χ3v) is 4.68. The Morgan fingerprint density at radius 2 is 1.85 bits per heavy atom. The van der Waals surface area contributed by atoms with Crippen LogP contribution in [0, 0.1) is 0 Å². The fraction of sp³-hybridized carbons (Fsp3) is 0.500. The van der Waals surface area contributed by atoms with Gasteiger partial charge in [-0.1, -0.05) is 0 Å². The van der Waals surface area contributed by atoms with Gasteiger partial charge in [0.05, 0.1) is 6.04 Å². The molecule has 0 spiro atoms. The zero-order valence-electron chi connectivity index (χ0n) is 8.16. The van der Waals surface area contributed by atoms with E-state index in [4.69, 9.17) is 13.3 Å². The highest BCUT2D eigenvalue weighted by molar-refractivity contribution is 6.59. The molecule has 0 aromatic carbocycles. The van der Waals surface area contributed by atoms with Crippen molar-refractivity contribution in [2.75, 3.05) is 21.3 Å². The first-order valence-corrected chi connectivity index (χ1v) is 5.97. The average Bonchev–Trinajstić information content (AvgIpc) is 2.67. The number of nitrogens with one attached hydrogen (secondary N) is 1. The fourth-order valence-corrected chi connectivity index (χ4v) is 2.80. The summed E-state index contributed by atoms with van der Waals surface area (Å²) in [5.74, 6) is 0. The Kier molecular flexibility index (Phi) is 3.67. The van der Waals surface area contributed by atoms with Crippen LogP contribution in [0.2, 0.25) is 0 Å². The van der Waals surface area contributed by atoms with Crippen molar-refractivity contribution in [3.05, 3.63) is 24.0 Å². The molecule has 0 bridgehead atoms. The minimum absolute atomic E-state index is 0.670. The highest BCUT2D eigenvalue weighted by Crippen LogP contribution is 2.12. The lowest BCUT2D eigenvalue weighted by atomic mass is 10.5. The molecular weight excluding hydrogens is 186 g/mol. The summed E-state index contributed by atoms with van der Waals surface area (Å²) in [4.78, 5) is 3.09. The van der Waals surface area contributed by atoms with Crippen LogP contribution in [0.3, 0.4) is 0 Å². The summed E-state index contributed by atoms with van der Waals surface area (Å²) >= 11 is 0. The fourth-order valence-electron chi connectivity index (χ4n) is 1.18. The molecule has 0 aliphatic carbocycles. The predicted octanol–water partition coefficient (Wildman–Crippen LogP) is 0.974. The minimum atomic E-state index is -2.45. The van der Waals surface area contributed by atoms with E-state index in [-0.39, 0.29) is 0 Å². The topological polar surface area (TPSA) is 43.5 Å². The molecule has 0 radical (unpaired) electrons. The van der Waals surface area contributed by atoms with E-state index >= 15 is 0 Å². The van der Waals surface area contributed by atoms with Gasteiger partial charge in [-0.3, -0.25) is 0 Å². The zero-order valence-corrected chi connectivity index (χ0v) is 9.16. The molecule has 0 unspecified atom stereocenters. The molecule has 0 atom stereocenters. The molecule has 74 valence electrons. The average molecular weight is 201 g/mol. The first-order valence-electron chi connectivity index (χ1n) is 4.04. The van der Waals surface area contributed by atoms with Crippen molar-refractivity contribution in [3.8, 4) is 0 Å². The first kappa shape index (κ1) is 10.5. The molecule has 1 aromatic heterocycles. The van der Waals surface area contributed by atoms with Gasteiger partial charge in [0.2, 0.25) is 0 Å². The third-order valence-electron chi connectivity index (χ3n) is 2.00. The van der Waals surface area contributed by atoms with E-state index in [1.54, 1.807) is 21.3 Å². The maximum absolute atomic E-state index is 5.28. The second kappa shape index (κ2) is 4.57. The largest absolute Gasteiger partial charge is 0.506 e. The molecule has 0 aliphatic heterocycles. The van der Waals surface area contributed by atoms with Crippen LogP contribution in [-0.2, 0) is 19.3 Å². The summed E-state index contributed by atoms with van der Waals surface area (Å²) in [6.07, 6.45) is 1.87. The molecule has 1 rings (SSSR count). The molecule has 1 heterocycles. The van der Waals surface area contributed by atoms with Gasteiger partial charge in [0.15, 0.2) is 0 Å². The van der Waals surface area contributed by atoms with Crippen molar-refractivity contribution >= 4 is 8.80 Å². The summed E-state index contributed by atoms with van der Waals surface area (Å²) < 4.78 is 15.9. The number of aromatic amines is 1. The van der Waals surface area contributed by atoms with E-state index in [0.29, 0.717) is 6.04 Å². The Hall–Kier alpha value is -0.623. The smallest absolute Gasteiger partial charge is 0.377 e. The quantitative estimate of drug-likeness (QED) is 0.722. The van der Waals surface area contributed by atoms with E-state index in [9.17, 15) is 0 Å². The van der Waals surface area contributed by atoms with E-state index in [1.165, 1.54) is 0 Å². The van der Waals surface area contributed by atoms with Crippen LogP contribution >= 0.6 is 0 Å². The molecule has 13 heavy (non-hydrogen) atoms. The minimum Gasteiger partial charge on any atom is -0.377 e. The van der Waals surface area contributed by atoms with Crippen LogP contribution in [-0.4, -0.2) is 35.1 Å². The van der Waals surface area contributed by atoms with Gasteiger partial charge in [-0.25, -0.2) is 0 Å². The molecule has 0 fully saturated rings. The number of rotatable bonds is 5. The first-order chi connectivity index (χ1) is 6.26. The van der Waals surface area contributed by atoms with Crippen molar-refractivity contribution in [2.45, 2.75) is 6.04 Å². The lowest BCUT2D eigenvalue weighted by molar-refractivity contribution is 0.122. The normalized spacial score (nSPS) is 11.9. The zero-order chi connectivity index (χ0) is 9.73. The van der Waals surface area contributed by atoms with Crippen LogP contribution < -0.4 is 0 Å². The van der Waals surface area contributed by atoms with E-state index in [0.717, 1.165) is 5.69 Å². The van der Waals surface area contributed by atoms with Gasteiger partial charge in [-0.2, -0.15) is 0 Å². The Balaban J connectivity index is 2.67. The number of aromatic nitrogens is 1. The van der Waals surface area contributed by atoms with Gasteiger partial charge < -0.3 is 18.3 Å². The van der Waals surface area contributed by atoms with Crippen LogP contribution in [0.1, 0.15) is 5.69 Å². The van der Waals surface area contributed by atoms with Gasteiger partial charge in [0.25, 0.3) is 0 Å². The standard InChI is InChI=1S/C8H15NO3Si/c1-10-13(11-2,12-3)7-8-5-4-6-9-8/h4-6,9H,7H2,1-3H3. The lowest BCUT2D eigenvalue weighted by Crippen LogP contribution is -2.45. The molecule has 1 aromatic rings. The maximum atomic E-state index is 5.28. The van der Waals surface area contributed by atoms with Gasteiger partial charge in [-0.15, -0.1) is 0 Å². The number of hydrogen-bond donors (Lipinski definition) is 1. The Morgan fingerprint density at radius 1 is 1.23 bits per heavy atom. The van der Waals surface area contributed by atoms with Crippen molar-refractivity contribution in [1.82, 2.24) is 4.98 Å². The van der Waals surface area contributed by atoms with Crippen LogP contribution in [0.4, 0.5) is 0 Å². The molecule has 0 aliphatic rings. The monoisotopic (exact) mass is 201 g/mol. The Bertz CT molecular complexity index is 225. The Morgan fingerprint density at radius 3 is 2.23 bits per heavy atom. The molecule has 0 saturated carbocycles. The maximum Gasteiger partial charge on any atom is 0.506 e. The Labute approximate surface area is 79.2 Å². The molecule has 0 saturated heterocycles. The van der Waals surface area contributed by atoms with Gasteiger partial charge in [0.1, 0.15) is 0 Å². The van der Waals surface area contributed by atoms with E-state index in [1.807, 2.05) is 18.3 Å². The summed E-state index contributed by atoms with van der Waals surface area (Å²) in [5, 5.41) is 0. The van der Waals surface area contributed by atoms with Gasteiger partial charge in [-0.05, 0) is 12.1 Å². The molecule has 1 N–H and O–H groups in total. The lowest BCUT2D eigenvalue weighted by Gasteiger charge is -2.23. The van der Waals surface area contributed by atoms with Gasteiger partial charge in [0, 0.05) is 33.2 Å². The molecule has 4 nitrogen and oxygen atoms in total. The molecule has 0 amide bonds. The van der Waals surface area contributed by atoms with E-state index in [2.05, 4.69) is 4.98 Å². The summed E-state index contributed by atoms with van der Waals surface area (Å²) in [6.45, 7) is 0. The van der Waals surface area contributed by atoms with Crippen molar-refractivity contribution < 1.29 is 13.3 Å².